The molecule has 1 aromatic heterocycles. The summed E-state index contributed by atoms with van der Waals surface area (Å²) in [5, 5.41) is 22.7. The lowest BCUT2D eigenvalue weighted by molar-refractivity contribution is -0.134. The first-order chi connectivity index (χ1) is 6.63. The van der Waals surface area contributed by atoms with Crippen LogP contribution < -0.4 is 0 Å². The third-order valence-corrected chi connectivity index (χ3v) is 0.852. The molecule has 0 atom stereocenters. The summed E-state index contributed by atoms with van der Waals surface area (Å²) in [7, 11) is 0. The van der Waals surface area contributed by atoms with E-state index in [0.29, 0.717) is 12.2 Å². The van der Waals surface area contributed by atoms with Crippen molar-refractivity contribution in [2.24, 2.45) is 0 Å². The van der Waals surface area contributed by atoms with Crippen molar-refractivity contribution in [1.82, 2.24) is 10.2 Å². The Morgan fingerprint density at radius 2 is 1.29 bits per heavy atom. The van der Waals surface area contributed by atoms with Gasteiger partial charge in [0.2, 0.25) is 0 Å². The second-order valence-corrected chi connectivity index (χ2v) is 1.92. The fourth-order valence-electron chi connectivity index (χ4n) is 0.396. The van der Waals surface area contributed by atoms with E-state index in [9.17, 15) is 9.59 Å². The Labute approximate surface area is 79.5 Å². The number of aliphatic carboxylic acids is 2. The normalized spacial score (nSPS) is 8.86. The maximum Gasteiger partial charge on any atom is 0.328 e. The summed E-state index contributed by atoms with van der Waals surface area (Å²) in [6.07, 6.45) is 4.39. The average Bonchev–Trinajstić information content (AvgIpc) is 2.18. The monoisotopic (exact) mass is 196 g/mol. The van der Waals surface area contributed by atoms with E-state index in [1.165, 1.54) is 0 Å². The number of nitrogens with zero attached hydrogens (tertiary/aromatic N) is 2. The molecular formula is C8H8N2O4. The summed E-state index contributed by atoms with van der Waals surface area (Å²) in [5.74, 6) is -2.51. The van der Waals surface area contributed by atoms with E-state index < -0.39 is 11.9 Å². The number of aromatic nitrogens is 2. The van der Waals surface area contributed by atoms with Gasteiger partial charge < -0.3 is 10.2 Å². The van der Waals surface area contributed by atoms with Crippen molar-refractivity contribution >= 4 is 11.9 Å². The maximum atomic E-state index is 9.55. The molecule has 0 aliphatic carbocycles. The van der Waals surface area contributed by atoms with Crippen LogP contribution in [-0.2, 0) is 9.59 Å². The number of carbonyl (C=O) groups is 2. The molecular weight excluding hydrogens is 188 g/mol. The molecule has 1 heterocycles. The van der Waals surface area contributed by atoms with Gasteiger partial charge in [0.25, 0.3) is 0 Å². The van der Waals surface area contributed by atoms with Crippen LogP contribution in [-0.4, -0.2) is 32.3 Å². The second kappa shape index (κ2) is 7.41. The predicted molar refractivity (Wildman–Crippen MR) is 46.4 cm³/mol. The molecule has 0 saturated heterocycles. The van der Waals surface area contributed by atoms with E-state index >= 15 is 0 Å². The molecule has 0 radical (unpaired) electrons. The number of hydrogen-bond acceptors (Lipinski definition) is 4. The Hall–Kier alpha value is -2.24. The van der Waals surface area contributed by atoms with E-state index in [2.05, 4.69) is 10.2 Å². The highest BCUT2D eigenvalue weighted by Gasteiger charge is 1.88. The molecule has 2 N–H and O–H groups in total. The Balaban J connectivity index is 0.000000249. The fraction of sp³-hybridized carbons (Fsp3) is 0. The van der Waals surface area contributed by atoms with Crippen molar-refractivity contribution in [3.8, 4) is 0 Å². The zero-order chi connectivity index (χ0) is 10.8. The summed E-state index contributed by atoms with van der Waals surface area (Å²) in [6, 6.07) is 3.65. The molecule has 0 spiro atoms. The van der Waals surface area contributed by atoms with Gasteiger partial charge in [0, 0.05) is 24.5 Å². The van der Waals surface area contributed by atoms with Crippen LogP contribution in [0.3, 0.4) is 0 Å². The van der Waals surface area contributed by atoms with Crippen molar-refractivity contribution in [3.05, 3.63) is 36.7 Å². The molecule has 6 nitrogen and oxygen atoms in total. The van der Waals surface area contributed by atoms with Crippen LogP contribution in [0.1, 0.15) is 0 Å². The summed E-state index contributed by atoms with van der Waals surface area (Å²) in [5.41, 5.74) is 0. The predicted octanol–water partition coefficient (Wildman–Crippen LogP) is 0.188. The van der Waals surface area contributed by atoms with Crippen LogP contribution in [0.5, 0.6) is 0 Å². The Morgan fingerprint density at radius 1 is 0.929 bits per heavy atom. The Bertz CT molecular complexity index is 268. The Morgan fingerprint density at radius 3 is 1.43 bits per heavy atom. The smallest absolute Gasteiger partial charge is 0.328 e. The first kappa shape index (κ1) is 11.8. The van der Waals surface area contributed by atoms with E-state index in [0.717, 1.165) is 0 Å². The molecule has 0 amide bonds. The largest absolute Gasteiger partial charge is 0.478 e. The molecule has 0 aliphatic heterocycles. The summed E-state index contributed by atoms with van der Waals surface area (Å²) in [4.78, 5) is 19.1. The molecule has 6 heteroatoms. The molecule has 0 aromatic carbocycles. The molecule has 0 aliphatic rings. The number of rotatable bonds is 2. The zero-order valence-electron chi connectivity index (χ0n) is 7.07. The average molecular weight is 196 g/mol. The SMILES string of the molecule is O=C(O)C=CC(=O)O.c1ccnnc1. The topological polar surface area (TPSA) is 100 Å². The van der Waals surface area contributed by atoms with Gasteiger partial charge in [0.05, 0.1) is 0 Å². The van der Waals surface area contributed by atoms with Gasteiger partial charge in [0.1, 0.15) is 0 Å². The van der Waals surface area contributed by atoms with Gasteiger partial charge in [-0.15, -0.1) is 0 Å². The molecule has 1 aromatic rings. The van der Waals surface area contributed by atoms with Crippen LogP contribution in [0.25, 0.3) is 0 Å². The van der Waals surface area contributed by atoms with Gasteiger partial charge in [-0.1, -0.05) is 0 Å². The van der Waals surface area contributed by atoms with Crippen molar-refractivity contribution in [1.29, 1.82) is 0 Å². The van der Waals surface area contributed by atoms with Crippen LogP contribution in [0.15, 0.2) is 36.7 Å². The molecule has 0 saturated carbocycles. The second-order valence-electron chi connectivity index (χ2n) is 1.92. The maximum absolute atomic E-state index is 9.55. The third-order valence-electron chi connectivity index (χ3n) is 0.852. The van der Waals surface area contributed by atoms with Gasteiger partial charge in [-0.25, -0.2) is 9.59 Å². The van der Waals surface area contributed by atoms with Gasteiger partial charge in [-0.2, -0.15) is 10.2 Å². The van der Waals surface area contributed by atoms with Crippen LogP contribution in [0.4, 0.5) is 0 Å². The van der Waals surface area contributed by atoms with Crippen LogP contribution in [0, 0.1) is 0 Å². The highest BCUT2D eigenvalue weighted by Crippen LogP contribution is 1.70. The summed E-state index contributed by atoms with van der Waals surface area (Å²) in [6.45, 7) is 0. The summed E-state index contributed by atoms with van der Waals surface area (Å²) < 4.78 is 0. The minimum atomic E-state index is -1.26. The minimum Gasteiger partial charge on any atom is -0.478 e. The van der Waals surface area contributed by atoms with Crippen molar-refractivity contribution in [2.75, 3.05) is 0 Å². The molecule has 1 rings (SSSR count). The molecule has 0 bridgehead atoms. The summed E-state index contributed by atoms with van der Waals surface area (Å²) >= 11 is 0. The molecule has 0 fully saturated rings. The van der Waals surface area contributed by atoms with E-state index in [1.807, 2.05) is 12.1 Å². The standard InChI is InChI=1S/C4H4N2.C4H4O4/c1-2-4-6-5-3-1;5-3(6)1-2-4(7)8/h1-4H;1-2H,(H,5,6)(H,7,8). The molecule has 74 valence electrons. The van der Waals surface area contributed by atoms with E-state index in [-0.39, 0.29) is 0 Å². The van der Waals surface area contributed by atoms with Crippen molar-refractivity contribution < 1.29 is 19.8 Å². The Kier molecular flexibility index (Phi) is 6.23. The van der Waals surface area contributed by atoms with Gasteiger partial charge in [0.15, 0.2) is 0 Å². The first-order valence-corrected chi connectivity index (χ1v) is 3.48. The zero-order valence-corrected chi connectivity index (χ0v) is 7.07. The van der Waals surface area contributed by atoms with Crippen LogP contribution in [0.2, 0.25) is 0 Å². The highest BCUT2D eigenvalue weighted by atomic mass is 16.4. The quantitative estimate of drug-likeness (QED) is 0.655. The van der Waals surface area contributed by atoms with Gasteiger partial charge in [-0.3, -0.25) is 0 Å². The van der Waals surface area contributed by atoms with Crippen molar-refractivity contribution in [3.63, 3.8) is 0 Å². The molecule has 14 heavy (non-hydrogen) atoms. The molecule has 0 unspecified atom stereocenters. The first-order valence-electron chi connectivity index (χ1n) is 3.48. The third kappa shape index (κ3) is 9.76. The fourth-order valence-corrected chi connectivity index (χ4v) is 0.396. The van der Waals surface area contributed by atoms with Crippen molar-refractivity contribution in [2.45, 2.75) is 0 Å². The van der Waals surface area contributed by atoms with Gasteiger partial charge in [-0.05, 0) is 12.1 Å². The lowest BCUT2D eigenvalue weighted by Crippen LogP contribution is -1.91. The number of carboxylic acid groups (broad SMARTS) is 2. The lowest BCUT2D eigenvalue weighted by atomic mass is 10.5. The van der Waals surface area contributed by atoms with Crippen LogP contribution >= 0.6 is 0 Å². The highest BCUT2D eigenvalue weighted by molar-refractivity contribution is 5.89. The number of carboxylic acids is 2. The number of hydrogen-bond donors (Lipinski definition) is 2. The van der Waals surface area contributed by atoms with E-state index in [4.69, 9.17) is 10.2 Å². The minimum absolute atomic E-state index is 0.558. The van der Waals surface area contributed by atoms with Gasteiger partial charge >= 0.3 is 11.9 Å². The lowest BCUT2D eigenvalue weighted by Gasteiger charge is -1.74. The van der Waals surface area contributed by atoms with E-state index in [1.54, 1.807) is 12.4 Å².